The number of ether oxygens (including phenoxy) is 4. The Hall–Kier alpha value is -4.55. The molecule has 0 spiro atoms. The molecule has 16 nitrogen and oxygen atoms in total. The van der Waals surface area contributed by atoms with Crippen LogP contribution >= 0.6 is 7.75 Å². The van der Waals surface area contributed by atoms with E-state index in [-0.39, 0.29) is 17.3 Å². The maximum absolute atomic E-state index is 14.4. The van der Waals surface area contributed by atoms with Crippen LogP contribution in [-0.4, -0.2) is 69.1 Å². The minimum atomic E-state index is -4.57. The van der Waals surface area contributed by atoms with E-state index >= 15 is 0 Å². The quantitative estimate of drug-likeness (QED) is 0.145. The van der Waals surface area contributed by atoms with Crippen molar-refractivity contribution in [1.82, 2.24) is 19.7 Å². The first-order valence-electron chi connectivity index (χ1n) is 15.9. The molecule has 1 fully saturated rings. The van der Waals surface area contributed by atoms with Gasteiger partial charge in [-0.15, -0.1) is 0 Å². The van der Waals surface area contributed by atoms with Gasteiger partial charge in [0, 0.05) is 0 Å². The minimum absolute atomic E-state index is 0.102. The number of nitrogens with one attached hydrogen (secondary N) is 1. The molecule has 0 amide bonds. The molecule has 1 aliphatic heterocycles. The summed E-state index contributed by atoms with van der Waals surface area (Å²) in [6.07, 6.45) is -0.537. The van der Waals surface area contributed by atoms with Crippen molar-refractivity contribution < 1.29 is 46.9 Å². The second kappa shape index (κ2) is 14.7. The SMILES string of the molecule is CC(C)C(=O)O[C@@H]1[C@@](C#N)(CO[P@@](=O)(N[C@@H](C)C(=O)OC(C)(C)C)Oc2ccccc2)OC[C@]1(OC(=O)C(C)C)c1ccc2c(N)ncnn12. The second-order valence-electron chi connectivity index (χ2n) is 13.4. The zero-order chi connectivity index (χ0) is 37.1. The molecule has 5 atom stereocenters. The summed E-state index contributed by atoms with van der Waals surface area (Å²) in [5.74, 6) is -3.38. The highest BCUT2D eigenvalue weighted by molar-refractivity contribution is 7.52. The highest BCUT2D eigenvalue weighted by atomic mass is 31.2. The van der Waals surface area contributed by atoms with Crippen LogP contribution in [0.3, 0.4) is 0 Å². The van der Waals surface area contributed by atoms with Crippen LogP contribution in [0.1, 0.15) is 61.1 Å². The lowest BCUT2D eigenvalue weighted by Gasteiger charge is -2.37. The normalized spacial score (nSPS) is 22.5. The van der Waals surface area contributed by atoms with E-state index in [0.717, 1.165) is 0 Å². The highest BCUT2D eigenvalue weighted by Gasteiger charge is 2.67. The molecule has 0 saturated carbocycles. The summed E-state index contributed by atoms with van der Waals surface area (Å²) in [4.78, 5) is 43.6. The maximum Gasteiger partial charge on any atom is 0.459 e. The number of nitriles is 1. The fourth-order valence-corrected chi connectivity index (χ4v) is 6.45. The highest BCUT2D eigenvalue weighted by Crippen LogP contribution is 2.51. The molecule has 17 heteroatoms. The molecule has 0 aliphatic carbocycles. The van der Waals surface area contributed by atoms with Gasteiger partial charge in [-0.3, -0.25) is 18.9 Å². The summed E-state index contributed by atoms with van der Waals surface area (Å²) in [5.41, 5.74) is 1.45. The van der Waals surface area contributed by atoms with Gasteiger partial charge in [-0.25, -0.2) is 14.1 Å². The molecule has 0 radical (unpaired) electrons. The summed E-state index contributed by atoms with van der Waals surface area (Å²) >= 11 is 0. The molecule has 0 unspecified atom stereocenters. The zero-order valence-electron chi connectivity index (χ0n) is 29.2. The number of carbonyl (C=O) groups excluding carboxylic acids is 3. The van der Waals surface area contributed by atoms with Gasteiger partial charge in [-0.2, -0.15) is 15.4 Å². The first kappa shape index (κ1) is 38.3. The van der Waals surface area contributed by atoms with Crippen LogP contribution in [-0.2, 0) is 48.0 Å². The Kier molecular flexibility index (Phi) is 11.3. The molecule has 1 aliphatic rings. The largest absolute Gasteiger partial charge is 0.459 e. The van der Waals surface area contributed by atoms with Gasteiger partial charge in [-0.05, 0) is 52.0 Å². The fraction of sp³-hybridized carbons (Fsp3) is 0.515. The van der Waals surface area contributed by atoms with E-state index in [1.54, 1.807) is 72.7 Å². The zero-order valence-corrected chi connectivity index (χ0v) is 30.1. The predicted molar refractivity (Wildman–Crippen MR) is 178 cm³/mol. The van der Waals surface area contributed by atoms with Crippen LogP contribution in [0.15, 0.2) is 48.8 Å². The lowest BCUT2D eigenvalue weighted by atomic mass is 9.85. The van der Waals surface area contributed by atoms with Crippen molar-refractivity contribution in [3.05, 3.63) is 54.5 Å². The van der Waals surface area contributed by atoms with Gasteiger partial charge in [-0.1, -0.05) is 45.9 Å². The van der Waals surface area contributed by atoms with E-state index in [1.807, 2.05) is 6.07 Å². The van der Waals surface area contributed by atoms with Crippen molar-refractivity contribution in [2.75, 3.05) is 18.9 Å². The monoisotopic (exact) mass is 714 g/mol. The fourth-order valence-electron chi connectivity index (χ4n) is 4.93. The van der Waals surface area contributed by atoms with Crippen molar-refractivity contribution >= 4 is 37.0 Å². The average Bonchev–Trinajstić information content (AvgIpc) is 3.61. The average molecular weight is 715 g/mol. The van der Waals surface area contributed by atoms with E-state index in [9.17, 15) is 24.2 Å². The van der Waals surface area contributed by atoms with E-state index in [1.165, 1.54) is 36.0 Å². The molecule has 2 aromatic heterocycles. The van der Waals surface area contributed by atoms with Crippen molar-refractivity contribution in [2.45, 2.75) is 84.3 Å². The van der Waals surface area contributed by atoms with Gasteiger partial charge in [0.25, 0.3) is 0 Å². The van der Waals surface area contributed by atoms with Gasteiger partial charge < -0.3 is 29.2 Å². The molecule has 3 N–H and O–H groups in total. The summed E-state index contributed by atoms with van der Waals surface area (Å²) in [5, 5.41) is 17.6. The number of benzene rings is 1. The number of fused-ring (bicyclic) bond motifs is 1. The standard InChI is InChI=1S/C33H43N6O10P/c1-20(2)27(40)46-30-32(16-34,17-45-50(43,49-23-12-10-9-11-13-23)38-22(5)29(42)47-31(6,7)8)44-18-33(30,48-28(41)21(3)4)25-15-14-24-26(35)36-19-37-39(24)25/h9-15,19-22,30H,17-18H2,1-8H3,(H,38,43)(H2,35,36,37)/t22-,30+,32+,33-,50-/m0/s1. The number of carbonyl (C=O) groups is 3. The number of nitrogens with zero attached hydrogens (tertiary/aromatic N) is 4. The lowest BCUT2D eigenvalue weighted by molar-refractivity contribution is -0.191. The van der Waals surface area contributed by atoms with Gasteiger partial charge >= 0.3 is 25.7 Å². The van der Waals surface area contributed by atoms with Crippen molar-refractivity contribution in [2.24, 2.45) is 11.8 Å². The van der Waals surface area contributed by atoms with Crippen molar-refractivity contribution in [3.8, 4) is 11.8 Å². The Labute approximate surface area is 290 Å². The number of nitrogens with two attached hydrogens (primary N) is 1. The molecule has 1 saturated heterocycles. The van der Waals surface area contributed by atoms with E-state index in [4.69, 9.17) is 33.7 Å². The topological polar surface area (TPSA) is 216 Å². The first-order valence-corrected chi connectivity index (χ1v) is 17.5. The molecular formula is C33H43N6O10P. The third-order valence-corrected chi connectivity index (χ3v) is 9.11. The number of hydrogen-bond acceptors (Lipinski definition) is 14. The summed E-state index contributed by atoms with van der Waals surface area (Å²) in [6, 6.07) is 11.9. The number of hydrogen-bond donors (Lipinski definition) is 2. The van der Waals surface area contributed by atoms with Gasteiger partial charge in [0.05, 0.1) is 24.1 Å². The van der Waals surface area contributed by atoms with E-state index in [0.29, 0.717) is 5.52 Å². The third-order valence-electron chi connectivity index (χ3n) is 7.49. The molecule has 3 aromatic rings. The van der Waals surface area contributed by atoms with Crippen molar-refractivity contribution in [1.29, 1.82) is 5.26 Å². The van der Waals surface area contributed by atoms with Crippen LogP contribution in [0.25, 0.3) is 5.52 Å². The maximum atomic E-state index is 14.4. The Bertz CT molecular complexity index is 1800. The van der Waals surface area contributed by atoms with Crippen molar-refractivity contribution in [3.63, 3.8) is 0 Å². The second-order valence-corrected chi connectivity index (χ2v) is 15.1. The molecule has 4 rings (SSSR count). The predicted octanol–water partition coefficient (Wildman–Crippen LogP) is 4.09. The number of anilines is 1. The molecular weight excluding hydrogens is 671 g/mol. The van der Waals surface area contributed by atoms with Gasteiger partial charge in [0.15, 0.2) is 11.9 Å². The minimum Gasteiger partial charge on any atom is -0.459 e. The molecule has 1 aromatic carbocycles. The Morgan fingerprint density at radius 3 is 2.34 bits per heavy atom. The number of aromatic nitrogens is 3. The molecule has 50 heavy (non-hydrogen) atoms. The van der Waals surface area contributed by atoms with E-state index < -0.39 is 79.7 Å². The molecule has 270 valence electrons. The van der Waals surface area contributed by atoms with Crippen LogP contribution in [0, 0.1) is 23.2 Å². The number of para-hydroxylation sites is 1. The van der Waals surface area contributed by atoms with Gasteiger partial charge in [0.2, 0.25) is 11.2 Å². The Morgan fingerprint density at radius 1 is 1.08 bits per heavy atom. The molecule has 0 bridgehead atoms. The first-order chi connectivity index (χ1) is 23.4. The number of esters is 3. The summed E-state index contributed by atoms with van der Waals surface area (Å²) in [7, 11) is -4.57. The summed E-state index contributed by atoms with van der Waals surface area (Å²) < 4.78 is 51.1. The smallest absolute Gasteiger partial charge is 0.459 e. The van der Waals surface area contributed by atoms with Crippen LogP contribution in [0.4, 0.5) is 5.82 Å². The van der Waals surface area contributed by atoms with Crippen LogP contribution in [0.5, 0.6) is 5.75 Å². The van der Waals surface area contributed by atoms with Crippen LogP contribution in [0.2, 0.25) is 0 Å². The number of rotatable bonds is 13. The van der Waals surface area contributed by atoms with Gasteiger partial charge in [0.1, 0.15) is 41.9 Å². The Morgan fingerprint density at radius 2 is 1.74 bits per heavy atom. The number of nitrogen functional groups attached to an aromatic ring is 1. The summed E-state index contributed by atoms with van der Waals surface area (Å²) in [6.45, 7) is 11.4. The van der Waals surface area contributed by atoms with E-state index in [2.05, 4.69) is 15.2 Å². The lowest BCUT2D eigenvalue weighted by Crippen LogP contribution is -2.55. The molecule has 3 heterocycles. The third kappa shape index (κ3) is 8.24. The van der Waals surface area contributed by atoms with Crippen LogP contribution < -0.4 is 15.3 Å². The Balaban J connectivity index is 1.82.